The SMILES string of the molecule is COc1ccc(Cl)cc1NC(=O)[C@@H](C)O/N=C\c1ccccc1Br. The Morgan fingerprint density at radius 2 is 2.08 bits per heavy atom. The van der Waals surface area contributed by atoms with Crippen LogP contribution in [0.5, 0.6) is 5.75 Å². The third-order valence-electron chi connectivity index (χ3n) is 3.10. The van der Waals surface area contributed by atoms with E-state index in [1.165, 1.54) is 13.3 Å². The third kappa shape index (κ3) is 4.97. The Morgan fingerprint density at radius 3 is 2.79 bits per heavy atom. The Morgan fingerprint density at radius 1 is 1.33 bits per heavy atom. The van der Waals surface area contributed by atoms with Crippen LogP contribution >= 0.6 is 27.5 Å². The van der Waals surface area contributed by atoms with Crippen molar-refractivity contribution in [1.82, 2.24) is 0 Å². The maximum absolute atomic E-state index is 12.2. The van der Waals surface area contributed by atoms with Gasteiger partial charge in [0.25, 0.3) is 5.91 Å². The molecule has 0 unspecified atom stereocenters. The number of rotatable bonds is 6. The maximum Gasteiger partial charge on any atom is 0.268 e. The Hall–Kier alpha value is -2.05. The average molecular weight is 412 g/mol. The molecule has 2 aromatic rings. The van der Waals surface area contributed by atoms with Gasteiger partial charge in [0.2, 0.25) is 6.10 Å². The first-order valence-electron chi connectivity index (χ1n) is 7.09. The van der Waals surface area contributed by atoms with E-state index < -0.39 is 6.10 Å². The first-order valence-corrected chi connectivity index (χ1v) is 8.26. The maximum atomic E-state index is 12.2. The lowest BCUT2D eigenvalue weighted by Gasteiger charge is -2.13. The fraction of sp³-hybridized carbons (Fsp3) is 0.176. The van der Waals surface area contributed by atoms with Crippen LogP contribution in [0.2, 0.25) is 5.02 Å². The molecule has 0 spiro atoms. The van der Waals surface area contributed by atoms with E-state index in [9.17, 15) is 4.79 Å². The first-order chi connectivity index (χ1) is 11.5. The fourth-order valence-electron chi connectivity index (χ4n) is 1.82. The predicted molar refractivity (Wildman–Crippen MR) is 98.9 cm³/mol. The smallest absolute Gasteiger partial charge is 0.268 e. The number of carbonyl (C=O) groups is 1. The summed E-state index contributed by atoms with van der Waals surface area (Å²) in [6.45, 7) is 1.60. The standard InChI is InChI=1S/C17H16BrClN2O3/c1-11(24-20-10-12-5-3-4-6-14(12)18)17(22)21-15-9-13(19)7-8-16(15)23-2/h3-11H,1-2H3,(H,21,22)/b20-10-/t11-/m1/s1. The van der Waals surface area contributed by atoms with Crippen molar-refractivity contribution < 1.29 is 14.4 Å². The van der Waals surface area contributed by atoms with Crippen LogP contribution in [-0.4, -0.2) is 25.3 Å². The summed E-state index contributed by atoms with van der Waals surface area (Å²) < 4.78 is 6.07. The Balaban J connectivity index is 1.98. The van der Waals surface area contributed by atoms with Gasteiger partial charge in [0.15, 0.2) is 0 Å². The number of hydrogen-bond donors (Lipinski definition) is 1. The van der Waals surface area contributed by atoms with Crippen LogP contribution in [0.4, 0.5) is 5.69 Å². The second-order valence-corrected chi connectivity index (χ2v) is 6.13. The lowest BCUT2D eigenvalue weighted by Crippen LogP contribution is -2.26. The summed E-state index contributed by atoms with van der Waals surface area (Å²) in [5.74, 6) is 0.150. The summed E-state index contributed by atoms with van der Waals surface area (Å²) in [7, 11) is 1.51. The molecule has 5 nitrogen and oxygen atoms in total. The van der Waals surface area contributed by atoms with Gasteiger partial charge in [0.1, 0.15) is 5.75 Å². The number of anilines is 1. The van der Waals surface area contributed by atoms with E-state index in [0.29, 0.717) is 16.5 Å². The number of halogens is 2. The summed E-state index contributed by atoms with van der Waals surface area (Å²) in [6, 6.07) is 12.5. The molecule has 0 aliphatic rings. The van der Waals surface area contributed by atoms with E-state index in [0.717, 1.165) is 10.0 Å². The zero-order valence-corrected chi connectivity index (χ0v) is 15.5. The number of carbonyl (C=O) groups excluding carboxylic acids is 1. The van der Waals surface area contributed by atoms with Crippen LogP contribution in [-0.2, 0) is 9.63 Å². The molecular weight excluding hydrogens is 396 g/mol. The van der Waals surface area contributed by atoms with Gasteiger partial charge in [0.05, 0.1) is 19.0 Å². The molecular formula is C17H16BrClN2O3. The highest BCUT2D eigenvalue weighted by Gasteiger charge is 2.16. The minimum Gasteiger partial charge on any atom is -0.495 e. The van der Waals surface area contributed by atoms with Gasteiger partial charge in [-0.05, 0) is 31.2 Å². The van der Waals surface area contributed by atoms with Crippen LogP contribution in [0.3, 0.4) is 0 Å². The van der Waals surface area contributed by atoms with Gasteiger partial charge in [-0.1, -0.05) is 50.9 Å². The summed E-state index contributed by atoms with van der Waals surface area (Å²) in [4.78, 5) is 17.4. The van der Waals surface area contributed by atoms with Crippen molar-refractivity contribution in [3.8, 4) is 5.75 Å². The van der Waals surface area contributed by atoms with Gasteiger partial charge in [-0.3, -0.25) is 4.79 Å². The van der Waals surface area contributed by atoms with Crippen molar-refractivity contribution in [1.29, 1.82) is 0 Å². The van der Waals surface area contributed by atoms with Crippen LogP contribution in [0.15, 0.2) is 52.1 Å². The van der Waals surface area contributed by atoms with E-state index in [4.69, 9.17) is 21.2 Å². The molecule has 1 N–H and O–H groups in total. The van der Waals surface area contributed by atoms with Crippen molar-refractivity contribution >= 4 is 45.3 Å². The molecule has 0 saturated carbocycles. The molecule has 0 fully saturated rings. The topological polar surface area (TPSA) is 59.9 Å². The molecule has 0 aliphatic carbocycles. The van der Waals surface area contributed by atoms with Crippen LogP contribution in [0, 0.1) is 0 Å². The van der Waals surface area contributed by atoms with E-state index in [1.807, 2.05) is 24.3 Å². The predicted octanol–water partition coefficient (Wildman–Crippen LogP) is 4.49. The van der Waals surface area contributed by atoms with Crippen molar-refractivity contribution in [2.45, 2.75) is 13.0 Å². The van der Waals surface area contributed by atoms with Gasteiger partial charge in [-0.15, -0.1) is 0 Å². The first kappa shape index (κ1) is 18.3. The number of ether oxygens (including phenoxy) is 1. The van der Waals surface area contributed by atoms with Gasteiger partial charge in [0, 0.05) is 15.1 Å². The van der Waals surface area contributed by atoms with Gasteiger partial charge >= 0.3 is 0 Å². The number of amides is 1. The monoisotopic (exact) mass is 410 g/mol. The minimum atomic E-state index is -0.785. The van der Waals surface area contributed by atoms with E-state index in [1.54, 1.807) is 25.1 Å². The molecule has 0 aliphatic heterocycles. The molecule has 2 aromatic carbocycles. The van der Waals surface area contributed by atoms with E-state index in [2.05, 4.69) is 26.4 Å². The van der Waals surface area contributed by atoms with Crippen LogP contribution < -0.4 is 10.1 Å². The van der Waals surface area contributed by atoms with Crippen molar-refractivity contribution in [2.75, 3.05) is 12.4 Å². The normalized spacial score (nSPS) is 12.0. The molecule has 7 heteroatoms. The number of nitrogens with one attached hydrogen (secondary N) is 1. The summed E-state index contributed by atoms with van der Waals surface area (Å²) in [5.41, 5.74) is 1.32. The largest absolute Gasteiger partial charge is 0.495 e. The molecule has 1 amide bonds. The molecule has 0 radical (unpaired) electrons. The van der Waals surface area contributed by atoms with Crippen molar-refractivity contribution in [3.05, 3.63) is 57.5 Å². The second kappa shape index (κ2) is 8.70. The number of methoxy groups -OCH3 is 1. The lowest BCUT2D eigenvalue weighted by molar-refractivity contribution is -0.126. The van der Waals surface area contributed by atoms with Crippen LogP contribution in [0.25, 0.3) is 0 Å². The van der Waals surface area contributed by atoms with Crippen LogP contribution in [0.1, 0.15) is 12.5 Å². The Kier molecular flexibility index (Phi) is 6.63. The third-order valence-corrected chi connectivity index (χ3v) is 4.06. The molecule has 0 bridgehead atoms. The van der Waals surface area contributed by atoms with Gasteiger partial charge in [-0.2, -0.15) is 0 Å². The summed E-state index contributed by atoms with van der Waals surface area (Å²) >= 11 is 9.34. The quantitative estimate of drug-likeness (QED) is 0.563. The number of oxime groups is 1. The lowest BCUT2D eigenvalue weighted by atomic mass is 10.2. The molecule has 0 aromatic heterocycles. The summed E-state index contributed by atoms with van der Waals surface area (Å²) in [5, 5.41) is 7.05. The van der Waals surface area contributed by atoms with Crippen molar-refractivity contribution in [2.24, 2.45) is 5.16 Å². The highest BCUT2D eigenvalue weighted by atomic mass is 79.9. The zero-order valence-electron chi connectivity index (χ0n) is 13.1. The van der Waals surface area contributed by atoms with Gasteiger partial charge in [-0.25, -0.2) is 0 Å². The fourth-order valence-corrected chi connectivity index (χ4v) is 2.38. The number of hydrogen-bond acceptors (Lipinski definition) is 4. The molecule has 0 heterocycles. The average Bonchev–Trinajstić information content (AvgIpc) is 2.56. The highest BCUT2D eigenvalue weighted by molar-refractivity contribution is 9.10. The van der Waals surface area contributed by atoms with E-state index >= 15 is 0 Å². The number of nitrogens with zero attached hydrogens (tertiary/aromatic N) is 1. The molecule has 1 atom stereocenters. The van der Waals surface area contributed by atoms with Gasteiger partial charge < -0.3 is 14.9 Å². The number of benzene rings is 2. The van der Waals surface area contributed by atoms with E-state index in [-0.39, 0.29) is 5.91 Å². The Labute approximate surface area is 153 Å². The minimum absolute atomic E-state index is 0.361. The zero-order chi connectivity index (χ0) is 17.5. The highest BCUT2D eigenvalue weighted by Crippen LogP contribution is 2.27. The molecule has 126 valence electrons. The molecule has 2 rings (SSSR count). The van der Waals surface area contributed by atoms with Crippen molar-refractivity contribution in [3.63, 3.8) is 0 Å². The second-order valence-electron chi connectivity index (χ2n) is 4.84. The Bertz CT molecular complexity index is 752. The molecule has 24 heavy (non-hydrogen) atoms. The summed E-state index contributed by atoms with van der Waals surface area (Å²) in [6.07, 6.45) is 0.751. The molecule has 0 saturated heterocycles.